The first-order valence-corrected chi connectivity index (χ1v) is 5.13. The Morgan fingerprint density at radius 2 is 1.88 bits per heavy atom. The highest BCUT2D eigenvalue weighted by atomic mass is 19.1. The molecule has 0 bridgehead atoms. The van der Waals surface area contributed by atoms with Crippen LogP contribution in [0.2, 0.25) is 0 Å². The smallest absolute Gasteiger partial charge is 0.153 e. The molecular weight excluding hydrogens is 217 g/mol. The van der Waals surface area contributed by atoms with Crippen molar-refractivity contribution in [3.05, 3.63) is 48.3 Å². The van der Waals surface area contributed by atoms with Crippen molar-refractivity contribution in [1.82, 2.24) is 10.2 Å². The lowest BCUT2D eigenvalue weighted by molar-refractivity contribution is 0.628. The highest BCUT2D eigenvalue weighted by Gasteiger charge is 2.06. The summed E-state index contributed by atoms with van der Waals surface area (Å²) in [5.74, 6) is 0.0700. The molecule has 4 heteroatoms. The van der Waals surface area contributed by atoms with E-state index in [1.54, 1.807) is 18.2 Å². The molecule has 0 saturated carbocycles. The third-order valence-corrected chi connectivity index (χ3v) is 2.42. The van der Waals surface area contributed by atoms with Gasteiger partial charge < -0.3 is 5.73 Å². The molecule has 2 aromatic rings. The maximum atomic E-state index is 12.8. The number of nitrogens with zero attached hydrogens (tertiary/aromatic N) is 2. The molecule has 0 saturated heterocycles. The molecule has 0 aliphatic rings. The minimum atomic E-state index is -0.280. The Bertz CT molecular complexity index is 561. The molecule has 1 aromatic heterocycles. The van der Waals surface area contributed by atoms with Gasteiger partial charge in [-0.25, -0.2) is 4.39 Å². The van der Waals surface area contributed by atoms with Crippen molar-refractivity contribution in [3.8, 4) is 11.3 Å². The second kappa shape index (κ2) is 4.33. The molecule has 0 unspecified atom stereocenters. The monoisotopic (exact) mass is 229 g/mol. The van der Waals surface area contributed by atoms with Crippen LogP contribution in [0.1, 0.15) is 12.5 Å². The third-order valence-electron chi connectivity index (χ3n) is 2.42. The van der Waals surface area contributed by atoms with Gasteiger partial charge in [0.15, 0.2) is 5.82 Å². The van der Waals surface area contributed by atoms with Gasteiger partial charge in [-0.05, 0) is 42.8 Å². The number of benzene rings is 1. The zero-order valence-corrected chi connectivity index (χ0v) is 9.44. The Morgan fingerprint density at radius 3 is 2.47 bits per heavy atom. The predicted octanol–water partition coefficient (Wildman–Crippen LogP) is 2.90. The molecule has 0 fully saturated rings. The van der Waals surface area contributed by atoms with Crippen LogP contribution in [0.5, 0.6) is 0 Å². The van der Waals surface area contributed by atoms with E-state index in [4.69, 9.17) is 5.73 Å². The van der Waals surface area contributed by atoms with E-state index in [0.717, 1.165) is 16.7 Å². The molecule has 2 N–H and O–H groups in total. The number of hydrogen-bond donors (Lipinski definition) is 1. The minimum absolute atomic E-state index is 0.280. The number of aromatic nitrogens is 2. The Kier molecular flexibility index (Phi) is 2.87. The lowest BCUT2D eigenvalue weighted by Gasteiger charge is -2.06. The van der Waals surface area contributed by atoms with E-state index < -0.39 is 0 Å². The van der Waals surface area contributed by atoms with Gasteiger partial charge in [-0.3, -0.25) is 0 Å². The Hall–Kier alpha value is -2.23. The second-order valence-corrected chi connectivity index (χ2v) is 3.82. The Morgan fingerprint density at radius 1 is 1.24 bits per heavy atom. The molecular formula is C13H12FN3. The normalized spacial score (nSPS) is 10.2. The van der Waals surface area contributed by atoms with Gasteiger partial charge in [0.2, 0.25) is 0 Å². The SMILES string of the molecule is C=C(C)c1cc(-c2ccc(F)cc2)nnc1N. The molecule has 0 spiro atoms. The van der Waals surface area contributed by atoms with E-state index in [-0.39, 0.29) is 5.82 Å². The summed E-state index contributed by atoms with van der Waals surface area (Å²) in [5, 5.41) is 7.86. The molecule has 0 radical (unpaired) electrons. The Labute approximate surface area is 98.8 Å². The molecule has 0 amide bonds. The van der Waals surface area contributed by atoms with Crippen molar-refractivity contribution in [2.75, 3.05) is 5.73 Å². The number of nitrogens with two attached hydrogens (primary N) is 1. The summed E-state index contributed by atoms with van der Waals surface area (Å²) in [7, 11) is 0. The van der Waals surface area contributed by atoms with Crippen LogP contribution in [0.4, 0.5) is 10.2 Å². The van der Waals surface area contributed by atoms with E-state index in [2.05, 4.69) is 16.8 Å². The summed E-state index contributed by atoms with van der Waals surface area (Å²) in [5.41, 5.74) is 8.72. The second-order valence-electron chi connectivity index (χ2n) is 3.82. The highest BCUT2D eigenvalue weighted by molar-refractivity contribution is 5.73. The van der Waals surface area contributed by atoms with E-state index in [1.165, 1.54) is 12.1 Å². The van der Waals surface area contributed by atoms with Gasteiger partial charge in [-0.2, -0.15) is 0 Å². The minimum Gasteiger partial charge on any atom is -0.382 e. The zero-order chi connectivity index (χ0) is 12.4. The standard InChI is InChI=1S/C13H12FN3/c1-8(2)11-7-12(16-17-13(11)15)9-3-5-10(14)6-4-9/h3-7H,1H2,2H3,(H2,15,17). The van der Waals surface area contributed by atoms with E-state index in [9.17, 15) is 4.39 Å². The molecule has 0 atom stereocenters. The van der Waals surface area contributed by atoms with Crippen LogP contribution in [0.15, 0.2) is 36.9 Å². The maximum absolute atomic E-state index is 12.8. The number of nitrogen functional groups attached to an aromatic ring is 1. The van der Waals surface area contributed by atoms with Crippen LogP contribution in [0.3, 0.4) is 0 Å². The van der Waals surface area contributed by atoms with Crippen molar-refractivity contribution < 1.29 is 4.39 Å². The average Bonchev–Trinajstić information content (AvgIpc) is 2.30. The first kappa shape index (κ1) is 11.3. The van der Waals surface area contributed by atoms with Crippen molar-refractivity contribution in [2.24, 2.45) is 0 Å². The van der Waals surface area contributed by atoms with Gasteiger partial charge in [0.25, 0.3) is 0 Å². The highest BCUT2D eigenvalue weighted by Crippen LogP contribution is 2.23. The maximum Gasteiger partial charge on any atom is 0.153 e. The van der Waals surface area contributed by atoms with Crippen molar-refractivity contribution in [1.29, 1.82) is 0 Å². The average molecular weight is 229 g/mol. The fraction of sp³-hybridized carbons (Fsp3) is 0.0769. The first-order valence-electron chi connectivity index (χ1n) is 5.13. The summed E-state index contributed by atoms with van der Waals surface area (Å²) in [6.07, 6.45) is 0. The van der Waals surface area contributed by atoms with E-state index in [1.807, 2.05) is 6.92 Å². The van der Waals surface area contributed by atoms with E-state index >= 15 is 0 Å². The van der Waals surface area contributed by atoms with Gasteiger partial charge >= 0.3 is 0 Å². The summed E-state index contributed by atoms with van der Waals surface area (Å²) in [6.45, 7) is 5.68. The summed E-state index contributed by atoms with van der Waals surface area (Å²) >= 11 is 0. The zero-order valence-electron chi connectivity index (χ0n) is 9.44. The molecule has 0 aliphatic heterocycles. The molecule has 1 aromatic carbocycles. The van der Waals surface area contributed by atoms with Crippen LogP contribution in [-0.4, -0.2) is 10.2 Å². The summed E-state index contributed by atoms with van der Waals surface area (Å²) in [6, 6.07) is 7.87. The quantitative estimate of drug-likeness (QED) is 0.861. The van der Waals surface area contributed by atoms with Gasteiger partial charge in [-0.15, -0.1) is 10.2 Å². The van der Waals surface area contributed by atoms with E-state index in [0.29, 0.717) is 11.5 Å². The van der Waals surface area contributed by atoms with Crippen LogP contribution in [-0.2, 0) is 0 Å². The number of rotatable bonds is 2. The van der Waals surface area contributed by atoms with Gasteiger partial charge in [0.1, 0.15) is 5.82 Å². The molecule has 86 valence electrons. The third kappa shape index (κ3) is 2.30. The number of hydrogen-bond acceptors (Lipinski definition) is 3. The van der Waals surface area contributed by atoms with Gasteiger partial charge in [-0.1, -0.05) is 6.58 Å². The predicted molar refractivity (Wildman–Crippen MR) is 66.5 cm³/mol. The molecule has 3 nitrogen and oxygen atoms in total. The largest absolute Gasteiger partial charge is 0.382 e. The van der Waals surface area contributed by atoms with Crippen LogP contribution in [0.25, 0.3) is 16.8 Å². The van der Waals surface area contributed by atoms with Crippen molar-refractivity contribution in [2.45, 2.75) is 6.92 Å². The fourth-order valence-corrected chi connectivity index (χ4v) is 1.50. The topological polar surface area (TPSA) is 51.8 Å². The summed E-state index contributed by atoms with van der Waals surface area (Å²) < 4.78 is 12.8. The first-order chi connectivity index (χ1) is 8.08. The van der Waals surface area contributed by atoms with Crippen LogP contribution in [0, 0.1) is 5.82 Å². The van der Waals surface area contributed by atoms with Gasteiger partial charge in [0, 0.05) is 11.1 Å². The number of anilines is 1. The molecule has 17 heavy (non-hydrogen) atoms. The van der Waals surface area contributed by atoms with Crippen LogP contribution < -0.4 is 5.73 Å². The Balaban J connectivity index is 2.50. The molecule has 1 heterocycles. The number of halogens is 1. The van der Waals surface area contributed by atoms with Crippen molar-refractivity contribution in [3.63, 3.8) is 0 Å². The lowest BCUT2D eigenvalue weighted by atomic mass is 10.1. The number of allylic oxidation sites excluding steroid dienone is 1. The van der Waals surface area contributed by atoms with Crippen molar-refractivity contribution >= 4 is 11.4 Å². The lowest BCUT2D eigenvalue weighted by Crippen LogP contribution is -1.99. The van der Waals surface area contributed by atoms with Crippen LogP contribution >= 0.6 is 0 Å². The molecule has 0 aliphatic carbocycles. The van der Waals surface area contributed by atoms with Gasteiger partial charge in [0.05, 0.1) is 5.69 Å². The summed E-state index contributed by atoms with van der Waals surface area (Å²) in [4.78, 5) is 0. The molecule has 2 rings (SSSR count). The fourth-order valence-electron chi connectivity index (χ4n) is 1.50.